The van der Waals surface area contributed by atoms with E-state index in [2.05, 4.69) is 9.97 Å². The number of imidazole rings is 1. The minimum absolute atomic E-state index is 0.169. The van der Waals surface area contributed by atoms with E-state index in [1.165, 1.54) is 12.4 Å². The number of nitrogens with zero attached hydrogens (tertiary/aromatic N) is 4. The second-order valence-electron chi connectivity index (χ2n) is 7.00. The lowest BCUT2D eigenvalue weighted by Gasteiger charge is -2.29. The molecule has 0 atom stereocenters. The van der Waals surface area contributed by atoms with Crippen molar-refractivity contribution in [2.24, 2.45) is 5.73 Å². The number of fused-ring (bicyclic) bond motifs is 2. The zero-order valence-electron chi connectivity index (χ0n) is 15.8. The molecule has 3 heterocycles. The Morgan fingerprint density at radius 3 is 2.70 bits per heavy atom. The number of hydrogen-bond acceptors (Lipinski definition) is 5. The summed E-state index contributed by atoms with van der Waals surface area (Å²) >= 11 is 6.29. The lowest BCUT2D eigenvalue weighted by molar-refractivity contribution is 0.100. The number of anilines is 1. The molecular formula is C21H17ClFN5O2. The second kappa shape index (κ2) is 7.23. The van der Waals surface area contributed by atoms with E-state index in [0.29, 0.717) is 48.2 Å². The topological polar surface area (TPSA) is 86.3 Å². The normalized spacial score (nSPS) is 14.5. The first-order valence-corrected chi connectivity index (χ1v) is 9.79. The SMILES string of the molecule is NC(=O)c1cc(N2CCOCC2)c(F)c2c1ncn2-c1ccnc2c(Cl)cccc12. The quantitative estimate of drug-likeness (QED) is 0.544. The van der Waals surface area contributed by atoms with Crippen LogP contribution < -0.4 is 10.6 Å². The van der Waals surface area contributed by atoms with Crippen LogP contribution in [0.15, 0.2) is 42.9 Å². The Kier molecular flexibility index (Phi) is 4.52. The van der Waals surface area contributed by atoms with Crippen LogP contribution in [-0.2, 0) is 4.74 Å². The van der Waals surface area contributed by atoms with Crippen molar-refractivity contribution >= 4 is 45.1 Å². The smallest absolute Gasteiger partial charge is 0.251 e. The zero-order valence-corrected chi connectivity index (χ0v) is 16.6. The van der Waals surface area contributed by atoms with Gasteiger partial charge in [0, 0.05) is 24.7 Å². The maximum atomic E-state index is 15.8. The minimum atomic E-state index is -0.664. The number of halogens is 2. The van der Waals surface area contributed by atoms with Crippen LogP contribution in [0.5, 0.6) is 0 Å². The van der Waals surface area contributed by atoms with Gasteiger partial charge in [-0.25, -0.2) is 9.37 Å². The summed E-state index contributed by atoms with van der Waals surface area (Å²) in [6, 6.07) is 8.64. The van der Waals surface area contributed by atoms with Gasteiger partial charge in [-0.15, -0.1) is 0 Å². The van der Waals surface area contributed by atoms with Gasteiger partial charge >= 0.3 is 0 Å². The van der Waals surface area contributed by atoms with Crippen LogP contribution in [-0.4, -0.2) is 46.7 Å². The number of carbonyl (C=O) groups is 1. The summed E-state index contributed by atoms with van der Waals surface area (Å²) < 4.78 is 22.8. The first kappa shape index (κ1) is 18.8. The average Bonchev–Trinajstić information content (AvgIpc) is 3.20. The van der Waals surface area contributed by atoms with Gasteiger partial charge < -0.3 is 15.4 Å². The first-order chi connectivity index (χ1) is 14.6. The predicted molar refractivity (Wildman–Crippen MR) is 113 cm³/mol. The van der Waals surface area contributed by atoms with Gasteiger partial charge in [0.25, 0.3) is 5.91 Å². The lowest BCUT2D eigenvalue weighted by Crippen LogP contribution is -2.37. The maximum Gasteiger partial charge on any atom is 0.251 e. The molecule has 2 N–H and O–H groups in total. The van der Waals surface area contributed by atoms with Crippen LogP contribution in [0.2, 0.25) is 5.02 Å². The highest BCUT2D eigenvalue weighted by atomic mass is 35.5. The number of benzene rings is 2. The largest absolute Gasteiger partial charge is 0.378 e. The van der Waals surface area contributed by atoms with Crippen LogP contribution >= 0.6 is 11.6 Å². The molecule has 0 spiro atoms. The maximum absolute atomic E-state index is 15.8. The fourth-order valence-electron chi connectivity index (χ4n) is 3.89. The van der Waals surface area contributed by atoms with E-state index < -0.39 is 11.7 Å². The Morgan fingerprint density at radius 2 is 1.93 bits per heavy atom. The third-order valence-electron chi connectivity index (χ3n) is 5.31. The number of nitrogens with two attached hydrogens (primary N) is 1. The Hall–Kier alpha value is -3.23. The van der Waals surface area contributed by atoms with Crippen molar-refractivity contribution in [3.8, 4) is 5.69 Å². The highest BCUT2D eigenvalue weighted by Crippen LogP contribution is 2.34. The Bertz CT molecular complexity index is 1300. The molecule has 1 aliphatic rings. The average molecular weight is 426 g/mol. The molecule has 4 aromatic rings. The number of pyridine rings is 1. The van der Waals surface area contributed by atoms with Gasteiger partial charge in [-0.05, 0) is 18.2 Å². The molecule has 2 aromatic heterocycles. The van der Waals surface area contributed by atoms with E-state index in [9.17, 15) is 4.79 Å². The third-order valence-corrected chi connectivity index (χ3v) is 5.62. The molecule has 1 fully saturated rings. The lowest BCUT2D eigenvalue weighted by atomic mass is 10.1. The van der Waals surface area contributed by atoms with Crippen molar-refractivity contribution in [3.63, 3.8) is 0 Å². The van der Waals surface area contributed by atoms with E-state index >= 15 is 4.39 Å². The summed E-state index contributed by atoms with van der Waals surface area (Å²) in [5.41, 5.74) is 7.72. The van der Waals surface area contributed by atoms with Crippen molar-refractivity contribution in [1.29, 1.82) is 0 Å². The van der Waals surface area contributed by atoms with Crippen LogP contribution in [0, 0.1) is 5.82 Å². The number of rotatable bonds is 3. The van der Waals surface area contributed by atoms with Gasteiger partial charge in [0.1, 0.15) is 17.4 Å². The van der Waals surface area contributed by atoms with E-state index in [1.807, 2.05) is 11.0 Å². The summed E-state index contributed by atoms with van der Waals surface area (Å²) in [5.74, 6) is -1.14. The first-order valence-electron chi connectivity index (χ1n) is 9.42. The standard InChI is InChI=1S/C21H17ClFN5O2/c22-14-3-1-2-12-15(4-5-25-18(12)14)28-11-26-19-13(21(24)29)10-16(17(23)20(19)28)27-6-8-30-9-7-27/h1-5,10-11H,6-9H2,(H2,24,29). The molecule has 1 saturated heterocycles. The van der Waals surface area contributed by atoms with Gasteiger partial charge in [-0.3, -0.25) is 14.3 Å². The molecule has 2 aromatic carbocycles. The summed E-state index contributed by atoms with van der Waals surface area (Å²) in [4.78, 5) is 22.6. The summed E-state index contributed by atoms with van der Waals surface area (Å²) in [5, 5.41) is 1.23. The predicted octanol–water partition coefficient (Wildman–Crippen LogP) is 3.30. The van der Waals surface area contributed by atoms with E-state index in [1.54, 1.807) is 29.0 Å². The molecule has 0 radical (unpaired) electrons. The number of para-hydroxylation sites is 1. The highest BCUT2D eigenvalue weighted by Gasteiger charge is 2.25. The molecule has 9 heteroatoms. The molecular weight excluding hydrogens is 409 g/mol. The Labute approximate surface area is 175 Å². The van der Waals surface area contributed by atoms with Crippen LogP contribution in [0.25, 0.3) is 27.6 Å². The summed E-state index contributed by atoms with van der Waals surface area (Å²) in [6.45, 7) is 2.00. The van der Waals surface area contributed by atoms with Crippen molar-refractivity contribution in [3.05, 3.63) is 59.3 Å². The zero-order chi connectivity index (χ0) is 20.8. The van der Waals surface area contributed by atoms with Gasteiger partial charge in [0.2, 0.25) is 0 Å². The number of amides is 1. The molecule has 5 rings (SSSR count). The second-order valence-corrected chi connectivity index (χ2v) is 7.41. The van der Waals surface area contributed by atoms with Gasteiger partial charge in [-0.2, -0.15) is 0 Å². The van der Waals surface area contributed by atoms with Gasteiger partial charge in [-0.1, -0.05) is 23.7 Å². The monoisotopic (exact) mass is 425 g/mol. The van der Waals surface area contributed by atoms with Crippen molar-refractivity contribution in [2.45, 2.75) is 0 Å². The Balaban J connectivity index is 1.82. The molecule has 152 valence electrons. The molecule has 0 saturated carbocycles. The number of carbonyl (C=O) groups excluding carboxylic acids is 1. The molecule has 1 amide bonds. The molecule has 0 unspecified atom stereocenters. The molecule has 0 bridgehead atoms. The summed E-state index contributed by atoms with van der Waals surface area (Å²) in [6.07, 6.45) is 3.09. The van der Waals surface area contributed by atoms with Crippen LogP contribution in [0.3, 0.4) is 0 Å². The van der Waals surface area contributed by atoms with Crippen molar-refractivity contribution in [1.82, 2.24) is 14.5 Å². The van der Waals surface area contributed by atoms with E-state index in [-0.39, 0.29) is 16.6 Å². The third kappa shape index (κ3) is 2.88. The van der Waals surface area contributed by atoms with Crippen molar-refractivity contribution in [2.75, 3.05) is 31.2 Å². The molecule has 7 nitrogen and oxygen atoms in total. The number of ether oxygens (including phenoxy) is 1. The molecule has 1 aliphatic heterocycles. The van der Waals surface area contributed by atoms with Crippen molar-refractivity contribution < 1.29 is 13.9 Å². The van der Waals surface area contributed by atoms with Gasteiger partial charge in [0.15, 0.2) is 5.82 Å². The van der Waals surface area contributed by atoms with Crippen LogP contribution in [0.4, 0.5) is 10.1 Å². The minimum Gasteiger partial charge on any atom is -0.378 e. The number of primary amides is 1. The summed E-state index contributed by atoms with van der Waals surface area (Å²) in [7, 11) is 0. The molecule has 0 aliphatic carbocycles. The fraction of sp³-hybridized carbons (Fsp3) is 0.190. The highest BCUT2D eigenvalue weighted by molar-refractivity contribution is 6.35. The van der Waals surface area contributed by atoms with Gasteiger partial charge in [0.05, 0.1) is 40.7 Å². The Morgan fingerprint density at radius 1 is 1.13 bits per heavy atom. The fourth-order valence-corrected chi connectivity index (χ4v) is 4.11. The number of morpholine rings is 1. The van der Waals surface area contributed by atoms with Crippen LogP contribution in [0.1, 0.15) is 10.4 Å². The van der Waals surface area contributed by atoms with E-state index in [4.69, 9.17) is 22.1 Å². The number of aromatic nitrogens is 3. The number of hydrogen-bond donors (Lipinski definition) is 1. The molecule has 30 heavy (non-hydrogen) atoms. The van der Waals surface area contributed by atoms with E-state index in [0.717, 1.165) is 5.39 Å².